The summed E-state index contributed by atoms with van der Waals surface area (Å²) < 4.78 is 1.47. The maximum atomic E-state index is 9.06. The van der Waals surface area contributed by atoms with Crippen LogP contribution in [0.4, 0.5) is 11.9 Å². The summed E-state index contributed by atoms with van der Waals surface area (Å²) in [7, 11) is 0. The van der Waals surface area contributed by atoms with Gasteiger partial charge in [0.15, 0.2) is 0 Å². The normalized spacial score (nSPS) is 12.1. The summed E-state index contributed by atoms with van der Waals surface area (Å²) >= 11 is 0. The zero-order valence-electron chi connectivity index (χ0n) is 12.2. The van der Waals surface area contributed by atoms with E-state index in [1.807, 2.05) is 6.92 Å². The van der Waals surface area contributed by atoms with Crippen molar-refractivity contribution >= 4 is 11.9 Å². The van der Waals surface area contributed by atoms with Gasteiger partial charge in [-0.1, -0.05) is 13.8 Å². The predicted molar refractivity (Wildman–Crippen MR) is 78.3 cm³/mol. The van der Waals surface area contributed by atoms with Gasteiger partial charge < -0.3 is 15.7 Å². The average molecular weight is 292 g/mol. The van der Waals surface area contributed by atoms with E-state index in [1.165, 1.54) is 17.3 Å². The van der Waals surface area contributed by atoms with Gasteiger partial charge in [0, 0.05) is 19.7 Å². The summed E-state index contributed by atoms with van der Waals surface area (Å²) in [5.74, 6) is 1.43. The minimum Gasteiger partial charge on any atom is -0.396 e. The van der Waals surface area contributed by atoms with Crippen molar-refractivity contribution in [2.24, 2.45) is 5.92 Å². The molecule has 0 saturated carbocycles. The molecule has 0 aliphatic carbocycles. The Kier molecular flexibility index (Phi) is 5.38. The lowest BCUT2D eigenvalue weighted by atomic mass is 10.2. The SMILES string of the molecule is CCCNc1nc(NCC(C)CO)nc(-n2cncn2)n1. The smallest absolute Gasteiger partial charge is 0.258 e. The first-order valence-electron chi connectivity index (χ1n) is 6.92. The summed E-state index contributed by atoms with van der Waals surface area (Å²) in [4.78, 5) is 16.8. The van der Waals surface area contributed by atoms with Crippen molar-refractivity contribution in [3.8, 4) is 5.95 Å². The van der Waals surface area contributed by atoms with Gasteiger partial charge in [-0.15, -0.1) is 0 Å². The molecule has 0 aliphatic rings. The van der Waals surface area contributed by atoms with Crippen LogP contribution >= 0.6 is 0 Å². The Morgan fingerprint density at radius 3 is 2.62 bits per heavy atom. The number of aliphatic hydroxyl groups excluding tert-OH is 1. The molecule has 1 unspecified atom stereocenters. The van der Waals surface area contributed by atoms with Crippen molar-refractivity contribution in [1.29, 1.82) is 0 Å². The third kappa shape index (κ3) is 4.35. The minimum atomic E-state index is 0.106. The number of hydrogen-bond acceptors (Lipinski definition) is 8. The molecule has 9 nitrogen and oxygen atoms in total. The largest absolute Gasteiger partial charge is 0.396 e. The Hall–Kier alpha value is -2.29. The van der Waals surface area contributed by atoms with Gasteiger partial charge in [-0.3, -0.25) is 0 Å². The molecule has 0 aliphatic heterocycles. The Morgan fingerprint density at radius 1 is 1.24 bits per heavy atom. The monoisotopic (exact) mass is 292 g/mol. The van der Waals surface area contributed by atoms with E-state index >= 15 is 0 Å². The minimum absolute atomic E-state index is 0.106. The zero-order valence-corrected chi connectivity index (χ0v) is 12.2. The van der Waals surface area contributed by atoms with Crippen LogP contribution in [0, 0.1) is 5.92 Å². The molecule has 0 bridgehead atoms. The maximum absolute atomic E-state index is 9.06. The van der Waals surface area contributed by atoms with E-state index in [2.05, 4.69) is 42.6 Å². The van der Waals surface area contributed by atoms with Crippen LogP contribution in [-0.4, -0.2) is 54.5 Å². The topological polar surface area (TPSA) is 114 Å². The van der Waals surface area contributed by atoms with E-state index in [1.54, 1.807) is 0 Å². The van der Waals surface area contributed by atoms with Gasteiger partial charge >= 0.3 is 0 Å². The number of aliphatic hydroxyl groups is 1. The molecule has 2 aromatic rings. The number of nitrogens with zero attached hydrogens (tertiary/aromatic N) is 6. The first-order chi connectivity index (χ1) is 10.2. The van der Waals surface area contributed by atoms with Gasteiger partial charge in [-0.2, -0.15) is 24.7 Å². The third-order valence-corrected chi connectivity index (χ3v) is 2.70. The van der Waals surface area contributed by atoms with Gasteiger partial charge in [-0.25, -0.2) is 4.98 Å². The molecule has 114 valence electrons. The van der Waals surface area contributed by atoms with Crippen LogP contribution in [0.5, 0.6) is 0 Å². The van der Waals surface area contributed by atoms with Gasteiger partial charge in [0.1, 0.15) is 12.7 Å². The Bertz CT molecular complexity index is 544. The molecule has 0 saturated heterocycles. The fourth-order valence-electron chi connectivity index (χ4n) is 1.50. The second-order valence-corrected chi connectivity index (χ2v) is 4.72. The Balaban J connectivity index is 2.20. The third-order valence-electron chi connectivity index (χ3n) is 2.70. The molecule has 1 atom stereocenters. The number of nitrogens with one attached hydrogen (secondary N) is 2. The van der Waals surface area contributed by atoms with Gasteiger partial charge in [0.05, 0.1) is 0 Å². The molecule has 0 fully saturated rings. The van der Waals surface area contributed by atoms with Crippen molar-refractivity contribution in [2.45, 2.75) is 20.3 Å². The quantitative estimate of drug-likeness (QED) is 0.637. The van der Waals surface area contributed by atoms with Gasteiger partial charge in [-0.05, 0) is 12.3 Å². The van der Waals surface area contributed by atoms with Crippen molar-refractivity contribution < 1.29 is 5.11 Å². The summed E-state index contributed by atoms with van der Waals surface area (Å²) in [6.07, 6.45) is 3.91. The second kappa shape index (κ2) is 7.48. The van der Waals surface area contributed by atoms with E-state index in [-0.39, 0.29) is 12.5 Å². The van der Waals surface area contributed by atoms with Crippen molar-refractivity contribution in [3.63, 3.8) is 0 Å². The first kappa shape index (κ1) is 15.1. The number of anilines is 2. The highest BCUT2D eigenvalue weighted by Gasteiger charge is 2.09. The first-order valence-corrected chi connectivity index (χ1v) is 6.92. The Labute approximate surface area is 122 Å². The lowest BCUT2D eigenvalue weighted by Gasteiger charge is -2.11. The Morgan fingerprint density at radius 2 is 2.00 bits per heavy atom. The van der Waals surface area contributed by atoms with Crippen molar-refractivity contribution in [1.82, 2.24) is 29.7 Å². The van der Waals surface area contributed by atoms with Crippen LogP contribution in [0.3, 0.4) is 0 Å². The van der Waals surface area contributed by atoms with Crippen LogP contribution in [0.15, 0.2) is 12.7 Å². The zero-order chi connectivity index (χ0) is 15.1. The van der Waals surface area contributed by atoms with Crippen LogP contribution in [0.2, 0.25) is 0 Å². The van der Waals surface area contributed by atoms with E-state index < -0.39 is 0 Å². The van der Waals surface area contributed by atoms with Crippen molar-refractivity contribution in [3.05, 3.63) is 12.7 Å². The van der Waals surface area contributed by atoms with Crippen molar-refractivity contribution in [2.75, 3.05) is 30.3 Å². The molecule has 2 heterocycles. The molecule has 3 N–H and O–H groups in total. The molecule has 21 heavy (non-hydrogen) atoms. The van der Waals surface area contributed by atoms with Crippen LogP contribution in [-0.2, 0) is 0 Å². The fraction of sp³-hybridized carbons (Fsp3) is 0.583. The number of hydrogen-bond donors (Lipinski definition) is 3. The lowest BCUT2D eigenvalue weighted by molar-refractivity contribution is 0.244. The van der Waals surface area contributed by atoms with E-state index in [9.17, 15) is 0 Å². The van der Waals surface area contributed by atoms with E-state index in [0.717, 1.165) is 13.0 Å². The highest BCUT2D eigenvalue weighted by Crippen LogP contribution is 2.09. The highest BCUT2D eigenvalue weighted by atomic mass is 16.3. The molecule has 2 aromatic heterocycles. The fourth-order valence-corrected chi connectivity index (χ4v) is 1.50. The van der Waals surface area contributed by atoms with Crippen LogP contribution < -0.4 is 10.6 Å². The van der Waals surface area contributed by atoms with E-state index in [4.69, 9.17) is 5.11 Å². The molecule has 0 radical (unpaired) electrons. The summed E-state index contributed by atoms with van der Waals surface area (Å²) in [6, 6.07) is 0. The van der Waals surface area contributed by atoms with Gasteiger partial charge in [0.2, 0.25) is 11.9 Å². The van der Waals surface area contributed by atoms with E-state index in [0.29, 0.717) is 24.4 Å². The molecule has 0 amide bonds. The molecular weight excluding hydrogens is 272 g/mol. The summed E-state index contributed by atoms with van der Waals surface area (Å²) in [6.45, 7) is 5.45. The van der Waals surface area contributed by atoms with Crippen LogP contribution in [0.25, 0.3) is 5.95 Å². The van der Waals surface area contributed by atoms with Gasteiger partial charge in [0.25, 0.3) is 5.95 Å². The molecular formula is C12H20N8O. The lowest BCUT2D eigenvalue weighted by Crippen LogP contribution is -2.18. The maximum Gasteiger partial charge on any atom is 0.258 e. The molecule has 2 rings (SSSR count). The number of rotatable bonds is 8. The second-order valence-electron chi connectivity index (χ2n) is 4.72. The molecule has 9 heteroatoms. The highest BCUT2D eigenvalue weighted by molar-refractivity contribution is 5.37. The average Bonchev–Trinajstić information content (AvgIpc) is 3.04. The molecule has 0 aromatic carbocycles. The number of aromatic nitrogens is 6. The predicted octanol–water partition coefficient (Wildman–Crippen LogP) is 0.314. The standard InChI is InChI=1S/C12H20N8O/c1-3-4-14-10-17-11(15-5-9(2)6-21)19-12(18-10)20-8-13-7-16-20/h7-9,21H,3-6H2,1-2H3,(H2,14,15,17,18,19). The molecule has 0 spiro atoms. The summed E-state index contributed by atoms with van der Waals surface area (Å²) in [5.41, 5.74) is 0. The van der Waals surface area contributed by atoms with Crippen LogP contribution in [0.1, 0.15) is 20.3 Å². The summed E-state index contributed by atoms with van der Waals surface area (Å²) in [5, 5.41) is 19.3.